The van der Waals surface area contributed by atoms with Crippen LogP contribution < -0.4 is 15.4 Å². The van der Waals surface area contributed by atoms with E-state index in [4.69, 9.17) is 4.74 Å². The third-order valence-electron chi connectivity index (χ3n) is 9.12. The summed E-state index contributed by atoms with van der Waals surface area (Å²) in [6.07, 6.45) is 2.38. The van der Waals surface area contributed by atoms with Gasteiger partial charge < -0.3 is 20.5 Å². The average molecular weight is 644 g/mol. The number of hydrogen-bond acceptors (Lipinski definition) is 3. The largest absolute Gasteiger partial charge is 0.508 e. The Morgan fingerprint density at radius 2 is 1.52 bits per heavy atom. The minimum atomic E-state index is -4.43. The molecule has 4 aliphatic carbocycles. The number of aromatic hydroxyl groups is 1. The number of halogens is 4. The van der Waals surface area contributed by atoms with Gasteiger partial charge in [0.25, 0.3) is 0 Å². The standard InChI is InChI=1S/C33H34BrF3N2O3/c34-28-16-25(23-3-8-27(40)9-4-23)5-10-30(28)42-29(24-1-6-26(7-2-24)33(35,36)37)11-12-38-31(41)39-32-17-20-13-21(18-32)15-22(14-20)19-32/h1-10,16,20-22,29,40H,11-15,17-19H2,(H2,38,39,41). The van der Waals surface area contributed by atoms with Crippen LogP contribution in [0, 0.1) is 17.8 Å². The van der Waals surface area contributed by atoms with E-state index in [2.05, 4.69) is 26.6 Å². The van der Waals surface area contributed by atoms with Crippen LogP contribution >= 0.6 is 15.9 Å². The summed E-state index contributed by atoms with van der Waals surface area (Å²) in [5.74, 6) is 2.85. The van der Waals surface area contributed by atoms with E-state index in [1.54, 1.807) is 18.2 Å². The molecule has 4 saturated carbocycles. The van der Waals surface area contributed by atoms with E-state index in [9.17, 15) is 23.1 Å². The molecule has 42 heavy (non-hydrogen) atoms. The van der Waals surface area contributed by atoms with Crippen molar-refractivity contribution < 1.29 is 27.8 Å². The lowest BCUT2D eigenvalue weighted by atomic mass is 9.53. The van der Waals surface area contributed by atoms with E-state index < -0.39 is 17.8 Å². The third kappa shape index (κ3) is 6.41. The van der Waals surface area contributed by atoms with Gasteiger partial charge >= 0.3 is 12.2 Å². The number of phenols is 1. The van der Waals surface area contributed by atoms with Crippen LogP contribution in [0.2, 0.25) is 0 Å². The Kier molecular flexibility index (Phi) is 7.89. The highest BCUT2D eigenvalue weighted by molar-refractivity contribution is 9.10. The molecular formula is C33H34BrF3N2O3. The maximum absolute atomic E-state index is 13.2. The van der Waals surface area contributed by atoms with E-state index in [0.717, 1.165) is 42.5 Å². The van der Waals surface area contributed by atoms with Crippen molar-refractivity contribution in [3.8, 4) is 22.6 Å². The van der Waals surface area contributed by atoms with Gasteiger partial charge in [0.1, 0.15) is 17.6 Å². The first-order valence-corrected chi connectivity index (χ1v) is 15.3. The molecule has 9 heteroatoms. The number of hydrogen-bond donors (Lipinski definition) is 3. The molecule has 0 spiro atoms. The molecule has 3 aromatic carbocycles. The Morgan fingerprint density at radius 3 is 2.10 bits per heavy atom. The maximum atomic E-state index is 13.2. The summed E-state index contributed by atoms with van der Waals surface area (Å²) in [5, 5.41) is 15.9. The highest BCUT2D eigenvalue weighted by Crippen LogP contribution is 2.55. The zero-order valence-corrected chi connectivity index (χ0v) is 24.7. The molecule has 0 aromatic heterocycles. The maximum Gasteiger partial charge on any atom is 0.416 e. The molecule has 7 rings (SSSR count). The molecule has 1 unspecified atom stereocenters. The van der Waals surface area contributed by atoms with Gasteiger partial charge in [0.05, 0.1) is 10.0 Å². The van der Waals surface area contributed by atoms with Gasteiger partial charge in [0.2, 0.25) is 0 Å². The monoisotopic (exact) mass is 642 g/mol. The summed E-state index contributed by atoms with van der Waals surface area (Å²) in [7, 11) is 0. The summed E-state index contributed by atoms with van der Waals surface area (Å²) in [4.78, 5) is 13.0. The van der Waals surface area contributed by atoms with Gasteiger partial charge in [0, 0.05) is 18.5 Å². The minimum Gasteiger partial charge on any atom is -0.508 e. The molecule has 4 aliphatic rings. The Morgan fingerprint density at radius 1 is 0.929 bits per heavy atom. The summed E-state index contributed by atoms with van der Waals surface area (Å²) < 4.78 is 46.7. The van der Waals surface area contributed by atoms with Crippen molar-refractivity contribution in [2.75, 3.05) is 6.54 Å². The van der Waals surface area contributed by atoms with Crippen molar-refractivity contribution >= 4 is 22.0 Å². The quantitative estimate of drug-likeness (QED) is 0.230. The topological polar surface area (TPSA) is 70.6 Å². The van der Waals surface area contributed by atoms with Crippen molar-refractivity contribution in [3.05, 3.63) is 82.3 Å². The molecule has 0 saturated heterocycles. The molecule has 3 aromatic rings. The first-order valence-electron chi connectivity index (χ1n) is 14.5. The normalized spacial score (nSPS) is 25.2. The number of urea groups is 1. The van der Waals surface area contributed by atoms with E-state index in [-0.39, 0.29) is 17.3 Å². The molecule has 0 radical (unpaired) electrons. The fourth-order valence-corrected chi connectivity index (χ4v) is 8.10. The van der Waals surface area contributed by atoms with Gasteiger partial charge in [-0.2, -0.15) is 13.2 Å². The predicted molar refractivity (Wildman–Crippen MR) is 158 cm³/mol. The Balaban J connectivity index is 1.14. The van der Waals surface area contributed by atoms with Gasteiger partial charge in [-0.3, -0.25) is 0 Å². The number of carbonyl (C=O) groups is 1. The first-order chi connectivity index (χ1) is 20.0. The number of alkyl halides is 3. The van der Waals surface area contributed by atoms with Gasteiger partial charge in [0.15, 0.2) is 0 Å². The molecule has 3 N–H and O–H groups in total. The SMILES string of the molecule is O=C(NCCC(Oc1ccc(-c2ccc(O)cc2)cc1Br)c1ccc(C(F)(F)F)cc1)NC12CC3CC(CC(C3)C1)C2. The summed E-state index contributed by atoms with van der Waals surface area (Å²) in [5.41, 5.74) is 1.57. The first kappa shape index (κ1) is 28.9. The van der Waals surface area contributed by atoms with Gasteiger partial charge in [-0.05, 0) is 125 Å². The van der Waals surface area contributed by atoms with Gasteiger partial charge in [-0.15, -0.1) is 0 Å². The molecule has 0 heterocycles. The van der Waals surface area contributed by atoms with Gasteiger partial charge in [-0.25, -0.2) is 4.79 Å². The lowest BCUT2D eigenvalue weighted by Gasteiger charge is -2.56. The minimum absolute atomic E-state index is 0.105. The number of rotatable bonds is 8. The van der Waals surface area contributed by atoms with Crippen LogP contribution in [0.25, 0.3) is 11.1 Å². The summed E-state index contributed by atoms with van der Waals surface area (Å²) in [6, 6.07) is 17.2. The molecule has 4 bridgehead atoms. The predicted octanol–water partition coefficient (Wildman–Crippen LogP) is 8.62. The van der Waals surface area contributed by atoms with Crippen LogP contribution in [0.1, 0.15) is 62.2 Å². The second-order valence-corrected chi connectivity index (χ2v) is 13.1. The van der Waals surface area contributed by atoms with Crippen LogP contribution in [-0.4, -0.2) is 23.2 Å². The average Bonchev–Trinajstić information content (AvgIpc) is 2.92. The molecule has 0 aliphatic heterocycles. The Labute approximate surface area is 252 Å². The molecule has 1 atom stereocenters. The second kappa shape index (κ2) is 11.5. The molecule has 5 nitrogen and oxygen atoms in total. The number of nitrogens with one attached hydrogen (secondary N) is 2. The number of amides is 2. The zero-order valence-electron chi connectivity index (χ0n) is 23.1. The van der Waals surface area contributed by atoms with Crippen LogP contribution in [-0.2, 0) is 6.18 Å². The van der Waals surface area contributed by atoms with Crippen LogP contribution in [0.4, 0.5) is 18.0 Å². The Hall–Kier alpha value is -3.20. The van der Waals surface area contributed by atoms with Crippen LogP contribution in [0.5, 0.6) is 11.5 Å². The van der Waals surface area contributed by atoms with Crippen molar-refractivity contribution in [2.24, 2.45) is 17.8 Å². The highest BCUT2D eigenvalue weighted by atomic mass is 79.9. The van der Waals surface area contributed by atoms with Crippen molar-refractivity contribution in [3.63, 3.8) is 0 Å². The zero-order chi connectivity index (χ0) is 29.5. The lowest BCUT2D eigenvalue weighted by Crippen LogP contribution is -2.61. The number of benzene rings is 3. The number of ether oxygens (including phenoxy) is 1. The second-order valence-electron chi connectivity index (χ2n) is 12.3. The molecule has 4 fully saturated rings. The fourth-order valence-electron chi connectivity index (χ4n) is 7.63. The summed E-state index contributed by atoms with van der Waals surface area (Å²) >= 11 is 3.57. The fraction of sp³-hybridized carbons (Fsp3) is 0.424. The highest BCUT2D eigenvalue weighted by Gasteiger charge is 2.51. The smallest absolute Gasteiger partial charge is 0.416 e. The molecule has 2 amide bonds. The number of phenolic OH excluding ortho intramolecular Hbond substituents is 1. The summed E-state index contributed by atoms with van der Waals surface area (Å²) in [6.45, 7) is 0.299. The number of carbonyl (C=O) groups excluding carboxylic acids is 1. The van der Waals surface area contributed by atoms with Crippen molar-refractivity contribution in [1.29, 1.82) is 0 Å². The lowest BCUT2D eigenvalue weighted by molar-refractivity contribution is -0.137. The van der Waals surface area contributed by atoms with E-state index >= 15 is 0 Å². The van der Waals surface area contributed by atoms with Gasteiger partial charge in [-0.1, -0.05) is 30.3 Å². The van der Waals surface area contributed by atoms with E-state index in [1.807, 2.05) is 24.3 Å². The third-order valence-corrected chi connectivity index (χ3v) is 9.74. The Bertz CT molecular complexity index is 1390. The molecular weight excluding hydrogens is 609 g/mol. The van der Waals surface area contributed by atoms with Crippen LogP contribution in [0.15, 0.2) is 71.2 Å². The van der Waals surface area contributed by atoms with E-state index in [1.165, 1.54) is 31.4 Å². The van der Waals surface area contributed by atoms with Crippen LogP contribution in [0.3, 0.4) is 0 Å². The van der Waals surface area contributed by atoms with Crippen molar-refractivity contribution in [2.45, 2.75) is 62.8 Å². The molecule has 222 valence electrons. The van der Waals surface area contributed by atoms with E-state index in [0.29, 0.717) is 46.5 Å². The van der Waals surface area contributed by atoms with Crippen molar-refractivity contribution in [1.82, 2.24) is 10.6 Å².